The Morgan fingerprint density at radius 1 is 1.11 bits per heavy atom. The number of rotatable bonds is 6. The molecule has 6 nitrogen and oxygen atoms in total. The highest BCUT2D eigenvalue weighted by Gasteiger charge is 2.33. The lowest BCUT2D eigenvalue weighted by Gasteiger charge is -2.20. The van der Waals surface area contributed by atoms with Gasteiger partial charge in [0.1, 0.15) is 17.5 Å². The average molecular weight is 399 g/mol. The number of carbonyl (C=O) groups is 1. The minimum atomic E-state index is -4.73. The van der Waals surface area contributed by atoms with Crippen LogP contribution in [-0.2, 0) is 11.0 Å². The predicted molar refractivity (Wildman–Crippen MR) is 94.1 cm³/mol. The van der Waals surface area contributed by atoms with Crippen LogP contribution in [0.4, 0.5) is 28.9 Å². The van der Waals surface area contributed by atoms with E-state index in [0.717, 1.165) is 6.07 Å². The molecule has 0 aliphatic carbocycles. The van der Waals surface area contributed by atoms with Crippen LogP contribution in [-0.4, -0.2) is 16.9 Å². The molecule has 0 aliphatic rings. The van der Waals surface area contributed by atoms with Gasteiger partial charge in [-0.25, -0.2) is 4.39 Å². The minimum Gasteiger partial charge on any atom is -0.368 e. The number of halogens is 4. The van der Waals surface area contributed by atoms with Crippen molar-refractivity contribution in [3.8, 4) is 0 Å². The molecule has 150 valence electrons. The Labute approximate surface area is 157 Å². The van der Waals surface area contributed by atoms with Crippen molar-refractivity contribution in [3.05, 3.63) is 69.5 Å². The van der Waals surface area contributed by atoms with Crippen molar-refractivity contribution in [2.24, 2.45) is 0 Å². The molecular weight excluding hydrogens is 382 g/mol. The molecule has 0 saturated carbocycles. The molecule has 2 rings (SSSR count). The van der Waals surface area contributed by atoms with Gasteiger partial charge < -0.3 is 10.6 Å². The third kappa shape index (κ3) is 5.18. The second-order valence-electron chi connectivity index (χ2n) is 6.13. The van der Waals surface area contributed by atoms with Crippen molar-refractivity contribution < 1.29 is 27.3 Å². The largest absolute Gasteiger partial charge is 0.416 e. The average Bonchev–Trinajstić information content (AvgIpc) is 2.61. The molecule has 0 spiro atoms. The van der Waals surface area contributed by atoms with Crippen LogP contribution in [0.15, 0.2) is 42.5 Å². The fourth-order valence-corrected chi connectivity index (χ4v) is 2.45. The van der Waals surface area contributed by atoms with Gasteiger partial charge in [-0.1, -0.05) is 12.1 Å². The van der Waals surface area contributed by atoms with Crippen molar-refractivity contribution in [2.75, 3.05) is 5.32 Å². The number of alkyl halides is 3. The lowest BCUT2D eigenvalue weighted by Crippen LogP contribution is -2.39. The maximum absolute atomic E-state index is 13.0. The van der Waals surface area contributed by atoms with Gasteiger partial charge in [0, 0.05) is 6.07 Å². The number of nitro groups is 1. The molecule has 0 unspecified atom stereocenters. The monoisotopic (exact) mass is 399 g/mol. The third-order valence-electron chi connectivity index (χ3n) is 4.02. The number of hydrogen-bond acceptors (Lipinski definition) is 4. The summed E-state index contributed by atoms with van der Waals surface area (Å²) in [7, 11) is 0. The number of benzene rings is 2. The highest BCUT2D eigenvalue weighted by molar-refractivity contribution is 5.85. The first kappa shape index (κ1) is 21.1. The van der Waals surface area contributed by atoms with E-state index in [-0.39, 0.29) is 5.69 Å². The summed E-state index contributed by atoms with van der Waals surface area (Å²) in [5.74, 6) is -0.960. The SMILES string of the molecule is C[C@H](Nc1ccc(C(F)(F)F)cc1[N+](=O)[O-])C(=O)N[C@@H](C)c1ccc(F)cc1. The first-order valence-corrected chi connectivity index (χ1v) is 8.17. The number of carbonyl (C=O) groups excluding carboxylic acids is 1. The van der Waals surface area contributed by atoms with Gasteiger partial charge in [0.15, 0.2) is 0 Å². The summed E-state index contributed by atoms with van der Waals surface area (Å²) in [4.78, 5) is 22.5. The van der Waals surface area contributed by atoms with E-state index in [4.69, 9.17) is 0 Å². The highest BCUT2D eigenvalue weighted by Crippen LogP contribution is 2.35. The maximum atomic E-state index is 13.0. The van der Waals surface area contributed by atoms with Crippen LogP contribution >= 0.6 is 0 Å². The lowest BCUT2D eigenvalue weighted by atomic mass is 10.1. The summed E-state index contributed by atoms with van der Waals surface area (Å²) >= 11 is 0. The molecule has 0 aromatic heterocycles. The molecule has 0 heterocycles. The summed E-state index contributed by atoms with van der Waals surface area (Å²) in [6.45, 7) is 3.08. The van der Waals surface area contributed by atoms with Gasteiger partial charge in [-0.15, -0.1) is 0 Å². The molecule has 0 fully saturated rings. The van der Waals surface area contributed by atoms with Crippen molar-refractivity contribution in [1.29, 1.82) is 0 Å². The molecule has 2 N–H and O–H groups in total. The van der Waals surface area contributed by atoms with E-state index in [9.17, 15) is 32.5 Å². The van der Waals surface area contributed by atoms with E-state index >= 15 is 0 Å². The number of nitrogens with zero attached hydrogens (tertiary/aromatic N) is 1. The van der Waals surface area contributed by atoms with Crippen molar-refractivity contribution >= 4 is 17.3 Å². The zero-order valence-corrected chi connectivity index (χ0v) is 14.9. The van der Waals surface area contributed by atoms with Gasteiger partial charge in [0.2, 0.25) is 5.91 Å². The Hall–Kier alpha value is -3.17. The number of hydrogen-bond donors (Lipinski definition) is 2. The number of amides is 1. The standard InChI is InChI=1S/C18H17F4N3O3/c1-10(12-3-6-14(19)7-4-12)24-17(26)11(2)23-15-8-5-13(18(20,21)22)9-16(15)25(27)28/h3-11,23H,1-2H3,(H,24,26)/t10-,11-/m0/s1. The predicted octanol–water partition coefficient (Wildman–Crippen LogP) is 4.43. The quantitative estimate of drug-likeness (QED) is 0.428. The van der Waals surface area contributed by atoms with Crippen molar-refractivity contribution in [2.45, 2.75) is 32.1 Å². The number of nitro benzene ring substituents is 1. The molecule has 0 aliphatic heterocycles. The first-order valence-electron chi connectivity index (χ1n) is 8.17. The van der Waals surface area contributed by atoms with E-state index in [1.54, 1.807) is 6.92 Å². The summed E-state index contributed by atoms with van der Waals surface area (Å²) < 4.78 is 51.2. The molecule has 0 radical (unpaired) electrons. The van der Waals surface area contributed by atoms with Gasteiger partial charge in [0.05, 0.1) is 16.5 Å². The molecular formula is C18H17F4N3O3. The Bertz CT molecular complexity index is 869. The number of nitrogens with one attached hydrogen (secondary N) is 2. The summed E-state index contributed by atoms with van der Waals surface area (Å²) in [5, 5.41) is 16.3. The van der Waals surface area contributed by atoms with Gasteiger partial charge in [0.25, 0.3) is 5.69 Å². The van der Waals surface area contributed by atoms with Crippen LogP contribution in [0.5, 0.6) is 0 Å². The third-order valence-corrected chi connectivity index (χ3v) is 4.02. The van der Waals surface area contributed by atoms with Gasteiger partial charge in [-0.2, -0.15) is 13.2 Å². The van der Waals surface area contributed by atoms with Gasteiger partial charge >= 0.3 is 6.18 Å². The fourth-order valence-electron chi connectivity index (χ4n) is 2.45. The lowest BCUT2D eigenvalue weighted by molar-refractivity contribution is -0.384. The van der Waals surface area contributed by atoms with Crippen LogP contribution in [0.3, 0.4) is 0 Å². The first-order chi connectivity index (χ1) is 13.0. The molecule has 0 bridgehead atoms. The van der Waals surface area contributed by atoms with Gasteiger partial charge in [-0.3, -0.25) is 14.9 Å². The zero-order chi connectivity index (χ0) is 21.1. The smallest absolute Gasteiger partial charge is 0.368 e. The molecule has 10 heteroatoms. The summed E-state index contributed by atoms with van der Waals surface area (Å²) in [5.41, 5.74) is -1.52. The molecule has 28 heavy (non-hydrogen) atoms. The molecule has 2 aromatic carbocycles. The van der Waals surface area contributed by atoms with E-state index in [0.29, 0.717) is 17.7 Å². The van der Waals surface area contributed by atoms with E-state index in [1.165, 1.54) is 31.2 Å². The van der Waals surface area contributed by atoms with Crippen LogP contribution in [0, 0.1) is 15.9 Å². The molecule has 2 atom stereocenters. The van der Waals surface area contributed by atoms with Crippen LogP contribution < -0.4 is 10.6 Å². The van der Waals surface area contributed by atoms with Gasteiger partial charge in [-0.05, 0) is 43.7 Å². The number of anilines is 1. The van der Waals surface area contributed by atoms with Crippen LogP contribution in [0.1, 0.15) is 31.0 Å². The van der Waals surface area contributed by atoms with E-state index in [2.05, 4.69) is 10.6 Å². The zero-order valence-electron chi connectivity index (χ0n) is 14.9. The Kier molecular flexibility index (Phi) is 6.22. The molecule has 1 amide bonds. The van der Waals surface area contributed by atoms with Crippen molar-refractivity contribution in [1.82, 2.24) is 5.32 Å². The molecule has 2 aromatic rings. The second-order valence-corrected chi connectivity index (χ2v) is 6.13. The Morgan fingerprint density at radius 3 is 2.25 bits per heavy atom. The Morgan fingerprint density at radius 2 is 1.71 bits per heavy atom. The summed E-state index contributed by atoms with van der Waals surface area (Å²) in [6, 6.07) is 6.05. The van der Waals surface area contributed by atoms with E-state index in [1.807, 2.05) is 0 Å². The second kappa shape index (κ2) is 8.24. The molecule has 0 saturated heterocycles. The van der Waals surface area contributed by atoms with Crippen LogP contribution in [0.25, 0.3) is 0 Å². The fraction of sp³-hybridized carbons (Fsp3) is 0.278. The Balaban J connectivity index is 2.12. The highest BCUT2D eigenvalue weighted by atomic mass is 19.4. The van der Waals surface area contributed by atoms with Crippen molar-refractivity contribution in [3.63, 3.8) is 0 Å². The normalized spacial score (nSPS) is 13.5. The summed E-state index contributed by atoms with van der Waals surface area (Å²) in [6.07, 6.45) is -4.73. The van der Waals surface area contributed by atoms with E-state index < -0.39 is 46.2 Å². The minimum absolute atomic E-state index is 0.213. The van der Waals surface area contributed by atoms with Crippen LogP contribution in [0.2, 0.25) is 0 Å². The maximum Gasteiger partial charge on any atom is 0.416 e. The topological polar surface area (TPSA) is 84.3 Å².